The highest BCUT2D eigenvalue weighted by Gasteiger charge is 2.11. The van der Waals surface area contributed by atoms with Crippen LogP contribution in [-0.4, -0.2) is 30.7 Å². The third-order valence-corrected chi connectivity index (χ3v) is 4.59. The Kier molecular flexibility index (Phi) is 6.49. The Balaban J connectivity index is 1.38. The van der Waals surface area contributed by atoms with Gasteiger partial charge in [0.25, 0.3) is 0 Å². The molecule has 156 valence electrons. The van der Waals surface area contributed by atoms with Crippen LogP contribution in [0.4, 0.5) is 0 Å². The van der Waals surface area contributed by atoms with Crippen LogP contribution in [0, 0.1) is 0 Å². The zero-order valence-corrected chi connectivity index (χ0v) is 17.1. The van der Waals surface area contributed by atoms with Crippen molar-refractivity contribution in [3.05, 3.63) is 66.1 Å². The van der Waals surface area contributed by atoms with Crippen molar-refractivity contribution >= 4 is 5.96 Å². The first kappa shape index (κ1) is 19.8. The third kappa shape index (κ3) is 5.11. The van der Waals surface area contributed by atoms with Crippen LogP contribution >= 0.6 is 0 Å². The highest BCUT2D eigenvalue weighted by molar-refractivity contribution is 5.79. The number of rotatable bonds is 6. The molecule has 2 heterocycles. The molecule has 0 saturated carbocycles. The summed E-state index contributed by atoms with van der Waals surface area (Å²) >= 11 is 0. The van der Waals surface area contributed by atoms with Gasteiger partial charge in [0.15, 0.2) is 17.5 Å². The summed E-state index contributed by atoms with van der Waals surface area (Å²) in [6.07, 6.45) is 2.56. The molecule has 0 atom stereocenters. The summed E-state index contributed by atoms with van der Waals surface area (Å²) in [5.74, 6) is 2.91. The van der Waals surface area contributed by atoms with Crippen LogP contribution in [0.3, 0.4) is 0 Å². The van der Waals surface area contributed by atoms with E-state index in [0.29, 0.717) is 38.2 Å². The molecule has 0 saturated heterocycles. The number of oxazole rings is 1. The molecule has 1 aromatic heterocycles. The number of nitrogens with zero attached hydrogens (tertiary/aromatic N) is 2. The third-order valence-electron chi connectivity index (χ3n) is 4.59. The Bertz CT molecular complexity index is 985. The van der Waals surface area contributed by atoms with E-state index in [1.807, 2.05) is 55.5 Å². The molecular formula is C23H26N4O3. The van der Waals surface area contributed by atoms with Crippen LogP contribution in [0.15, 0.2) is 64.2 Å². The molecule has 30 heavy (non-hydrogen) atoms. The first-order valence-electron chi connectivity index (χ1n) is 10.2. The maximum atomic E-state index is 5.76. The zero-order valence-electron chi connectivity index (χ0n) is 17.1. The molecule has 0 fully saturated rings. The topological polar surface area (TPSA) is 80.9 Å². The van der Waals surface area contributed by atoms with E-state index in [-0.39, 0.29) is 0 Å². The first-order valence-corrected chi connectivity index (χ1v) is 10.2. The van der Waals surface area contributed by atoms with E-state index in [2.05, 4.69) is 20.6 Å². The maximum absolute atomic E-state index is 5.76. The number of ether oxygens (including phenoxy) is 2. The molecule has 2 aromatic carbocycles. The van der Waals surface area contributed by atoms with E-state index in [1.165, 1.54) is 0 Å². The second-order valence-corrected chi connectivity index (χ2v) is 6.89. The molecule has 7 nitrogen and oxygen atoms in total. The van der Waals surface area contributed by atoms with Crippen LogP contribution in [-0.2, 0) is 13.1 Å². The van der Waals surface area contributed by atoms with E-state index >= 15 is 0 Å². The van der Waals surface area contributed by atoms with Gasteiger partial charge in [0.05, 0.1) is 32.0 Å². The molecule has 4 rings (SSSR count). The summed E-state index contributed by atoms with van der Waals surface area (Å²) in [7, 11) is 0. The van der Waals surface area contributed by atoms with Crippen molar-refractivity contribution < 1.29 is 13.9 Å². The Morgan fingerprint density at radius 1 is 1.03 bits per heavy atom. The van der Waals surface area contributed by atoms with Crippen molar-refractivity contribution in [3.8, 4) is 23.0 Å². The van der Waals surface area contributed by atoms with Crippen molar-refractivity contribution in [2.24, 2.45) is 4.99 Å². The van der Waals surface area contributed by atoms with Crippen molar-refractivity contribution in [2.75, 3.05) is 19.8 Å². The van der Waals surface area contributed by atoms with Crippen LogP contribution in [0.25, 0.3) is 11.5 Å². The van der Waals surface area contributed by atoms with Gasteiger partial charge in [0.2, 0.25) is 5.89 Å². The smallest absolute Gasteiger partial charge is 0.226 e. The van der Waals surface area contributed by atoms with Crippen molar-refractivity contribution in [2.45, 2.75) is 26.4 Å². The predicted octanol–water partition coefficient (Wildman–Crippen LogP) is 3.76. The molecular weight excluding hydrogens is 380 g/mol. The van der Waals surface area contributed by atoms with Gasteiger partial charge >= 0.3 is 0 Å². The van der Waals surface area contributed by atoms with Crippen molar-refractivity contribution in [1.82, 2.24) is 15.6 Å². The van der Waals surface area contributed by atoms with Crippen LogP contribution in [0.5, 0.6) is 11.5 Å². The van der Waals surface area contributed by atoms with Crippen LogP contribution in [0.2, 0.25) is 0 Å². The van der Waals surface area contributed by atoms with E-state index in [4.69, 9.17) is 13.9 Å². The minimum Gasteiger partial charge on any atom is -0.490 e. The maximum Gasteiger partial charge on any atom is 0.226 e. The van der Waals surface area contributed by atoms with Gasteiger partial charge in [-0.2, -0.15) is 0 Å². The van der Waals surface area contributed by atoms with E-state index in [0.717, 1.165) is 41.3 Å². The number of hydrogen-bond acceptors (Lipinski definition) is 5. The quantitative estimate of drug-likeness (QED) is 0.479. The fourth-order valence-corrected chi connectivity index (χ4v) is 3.09. The fourth-order valence-electron chi connectivity index (χ4n) is 3.09. The molecule has 0 radical (unpaired) electrons. The Labute approximate surface area is 176 Å². The van der Waals surface area contributed by atoms with Gasteiger partial charge in [0, 0.05) is 18.5 Å². The van der Waals surface area contributed by atoms with E-state index < -0.39 is 0 Å². The minimum atomic E-state index is 0.517. The summed E-state index contributed by atoms with van der Waals surface area (Å²) in [5, 5.41) is 6.56. The molecule has 7 heteroatoms. The van der Waals surface area contributed by atoms with Crippen LogP contribution in [0.1, 0.15) is 24.6 Å². The van der Waals surface area contributed by atoms with Crippen LogP contribution < -0.4 is 20.1 Å². The second kappa shape index (κ2) is 9.82. The lowest BCUT2D eigenvalue weighted by molar-refractivity contribution is 0.297. The highest BCUT2D eigenvalue weighted by Crippen LogP contribution is 2.30. The SMILES string of the molecule is CCNC(=NCc1ccc2c(c1)OCCCO2)NCc1coc(-c2ccccc2)n1. The van der Waals surface area contributed by atoms with E-state index in [9.17, 15) is 0 Å². The molecule has 3 aromatic rings. The second-order valence-electron chi connectivity index (χ2n) is 6.89. The number of nitrogens with one attached hydrogen (secondary N) is 2. The molecule has 0 bridgehead atoms. The van der Waals surface area contributed by atoms with Gasteiger partial charge in [-0.15, -0.1) is 0 Å². The minimum absolute atomic E-state index is 0.517. The molecule has 0 aliphatic carbocycles. The normalized spacial score (nSPS) is 13.6. The summed E-state index contributed by atoms with van der Waals surface area (Å²) in [6, 6.07) is 15.8. The molecule has 0 amide bonds. The van der Waals surface area contributed by atoms with Crippen molar-refractivity contribution in [1.29, 1.82) is 0 Å². The Morgan fingerprint density at radius 2 is 1.87 bits per heavy atom. The predicted molar refractivity (Wildman–Crippen MR) is 116 cm³/mol. The number of fused-ring (bicyclic) bond motifs is 1. The summed E-state index contributed by atoms with van der Waals surface area (Å²) in [4.78, 5) is 9.22. The number of guanidine groups is 1. The number of hydrogen-bond donors (Lipinski definition) is 2. The highest BCUT2D eigenvalue weighted by atomic mass is 16.5. The molecule has 2 N–H and O–H groups in total. The molecule has 0 unspecified atom stereocenters. The Morgan fingerprint density at radius 3 is 2.70 bits per heavy atom. The standard InChI is InChI=1S/C23H26N4O3/c1-2-24-23(25-14-17-9-10-20-21(13-17)29-12-6-11-28-20)26-15-19-16-30-22(27-19)18-7-4-3-5-8-18/h3-5,7-10,13,16H,2,6,11-12,14-15H2,1H3,(H2,24,25,26). The average molecular weight is 406 g/mol. The molecule has 1 aliphatic rings. The van der Waals surface area contributed by atoms with Crippen molar-refractivity contribution in [3.63, 3.8) is 0 Å². The van der Waals surface area contributed by atoms with Gasteiger partial charge in [0.1, 0.15) is 6.26 Å². The first-order chi connectivity index (χ1) is 14.8. The monoisotopic (exact) mass is 406 g/mol. The Hall–Kier alpha value is -3.48. The van der Waals surface area contributed by atoms with Gasteiger partial charge in [-0.25, -0.2) is 9.98 Å². The number of aromatic nitrogens is 1. The summed E-state index contributed by atoms with van der Waals surface area (Å²) in [5.41, 5.74) is 2.83. The lowest BCUT2D eigenvalue weighted by Gasteiger charge is -2.11. The average Bonchev–Trinajstić information content (AvgIpc) is 3.14. The van der Waals surface area contributed by atoms with Gasteiger partial charge < -0.3 is 24.5 Å². The summed E-state index contributed by atoms with van der Waals surface area (Å²) in [6.45, 7) is 5.21. The largest absolute Gasteiger partial charge is 0.490 e. The van der Waals surface area contributed by atoms with Gasteiger partial charge in [-0.1, -0.05) is 24.3 Å². The lowest BCUT2D eigenvalue weighted by atomic mass is 10.2. The lowest BCUT2D eigenvalue weighted by Crippen LogP contribution is -2.36. The van der Waals surface area contributed by atoms with Gasteiger partial charge in [-0.05, 0) is 36.8 Å². The zero-order chi connectivity index (χ0) is 20.6. The van der Waals surface area contributed by atoms with E-state index in [1.54, 1.807) is 6.26 Å². The number of benzene rings is 2. The molecule has 0 spiro atoms. The molecule has 1 aliphatic heterocycles. The fraction of sp³-hybridized carbons (Fsp3) is 0.304. The number of aliphatic imine (C=N–C) groups is 1. The van der Waals surface area contributed by atoms with Gasteiger partial charge in [-0.3, -0.25) is 0 Å². The summed E-state index contributed by atoms with van der Waals surface area (Å²) < 4.78 is 17.1.